The Kier molecular flexibility index (Phi) is 4.76. The predicted octanol–water partition coefficient (Wildman–Crippen LogP) is 4.06. The number of hydrogen-bond acceptors (Lipinski definition) is 1. The molecule has 2 N–H and O–H groups in total. The van der Waals surface area contributed by atoms with Crippen LogP contribution in [0.4, 0.5) is 4.39 Å². The normalized spacial score (nSPS) is 18.8. The van der Waals surface area contributed by atoms with Crippen molar-refractivity contribution < 1.29 is 4.39 Å². The minimum Gasteiger partial charge on any atom is -0.330 e. The van der Waals surface area contributed by atoms with E-state index < -0.39 is 0 Å². The summed E-state index contributed by atoms with van der Waals surface area (Å²) < 4.78 is 12.9. The van der Waals surface area contributed by atoms with Crippen LogP contribution in [-0.2, 0) is 6.42 Å². The van der Waals surface area contributed by atoms with Crippen LogP contribution in [0.2, 0.25) is 0 Å². The van der Waals surface area contributed by atoms with Crippen molar-refractivity contribution in [3.8, 4) is 0 Å². The lowest BCUT2D eigenvalue weighted by atomic mass is 9.68. The minimum atomic E-state index is -0.145. The van der Waals surface area contributed by atoms with Crippen LogP contribution in [0.3, 0.4) is 0 Å². The summed E-state index contributed by atoms with van der Waals surface area (Å²) in [4.78, 5) is 0. The van der Waals surface area contributed by atoms with E-state index in [4.69, 9.17) is 5.73 Å². The second kappa shape index (κ2) is 6.33. The quantitative estimate of drug-likeness (QED) is 0.836. The zero-order valence-electron chi connectivity index (χ0n) is 11.1. The van der Waals surface area contributed by atoms with Crippen molar-refractivity contribution in [2.75, 3.05) is 6.54 Å². The van der Waals surface area contributed by atoms with E-state index in [-0.39, 0.29) is 5.82 Å². The van der Waals surface area contributed by atoms with Crippen LogP contribution < -0.4 is 5.73 Å². The van der Waals surface area contributed by atoms with Gasteiger partial charge in [0.15, 0.2) is 0 Å². The first kappa shape index (κ1) is 13.5. The molecule has 0 bridgehead atoms. The number of halogens is 1. The molecule has 1 aliphatic rings. The second-order valence-electron chi connectivity index (χ2n) is 5.73. The third-order valence-corrected chi connectivity index (χ3v) is 4.45. The third kappa shape index (κ3) is 3.55. The zero-order valence-corrected chi connectivity index (χ0v) is 11.1. The van der Waals surface area contributed by atoms with Gasteiger partial charge in [0, 0.05) is 0 Å². The topological polar surface area (TPSA) is 26.0 Å². The molecule has 2 rings (SSSR count). The van der Waals surface area contributed by atoms with Crippen LogP contribution in [0.15, 0.2) is 24.3 Å². The molecule has 0 atom stereocenters. The van der Waals surface area contributed by atoms with Crippen LogP contribution in [0.5, 0.6) is 0 Å². The Morgan fingerprint density at radius 1 is 1.00 bits per heavy atom. The first-order valence-corrected chi connectivity index (χ1v) is 7.19. The summed E-state index contributed by atoms with van der Waals surface area (Å²) >= 11 is 0. The summed E-state index contributed by atoms with van der Waals surface area (Å²) in [5.41, 5.74) is 7.49. The molecular formula is C16H24FN. The number of hydrogen-bond donors (Lipinski definition) is 1. The van der Waals surface area contributed by atoms with Gasteiger partial charge in [0.05, 0.1) is 0 Å². The molecule has 0 spiro atoms. The van der Waals surface area contributed by atoms with Crippen molar-refractivity contribution in [1.29, 1.82) is 0 Å². The molecule has 0 radical (unpaired) electrons. The highest BCUT2D eigenvalue weighted by Crippen LogP contribution is 2.42. The van der Waals surface area contributed by atoms with Gasteiger partial charge in [-0.05, 0) is 61.8 Å². The zero-order chi connectivity index (χ0) is 12.8. The summed E-state index contributed by atoms with van der Waals surface area (Å²) in [5, 5.41) is 0. The Labute approximate surface area is 110 Å². The van der Waals surface area contributed by atoms with Crippen LogP contribution in [-0.4, -0.2) is 6.54 Å². The molecule has 18 heavy (non-hydrogen) atoms. The molecular weight excluding hydrogens is 225 g/mol. The van der Waals surface area contributed by atoms with Gasteiger partial charge in [0.1, 0.15) is 5.82 Å². The SMILES string of the molecule is NCCC1(CCc2ccc(F)cc2)CCCCC1. The summed E-state index contributed by atoms with van der Waals surface area (Å²) in [6.45, 7) is 0.795. The fraction of sp³-hybridized carbons (Fsp3) is 0.625. The van der Waals surface area contributed by atoms with Gasteiger partial charge in [-0.1, -0.05) is 31.4 Å². The number of aryl methyl sites for hydroxylation is 1. The highest BCUT2D eigenvalue weighted by atomic mass is 19.1. The van der Waals surface area contributed by atoms with E-state index in [2.05, 4.69) is 0 Å². The van der Waals surface area contributed by atoms with Crippen molar-refractivity contribution in [3.63, 3.8) is 0 Å². The maximum absolute atomic E-state index is 12.9. The molecule has 1 aromatic carbocycles. The van der Waals surface area contributed by atoms with Crippen molar-refractivity contribution in [2.45, 2.75) is 51.4 Å². The van der Waals surface area contributed by atoms with Gasteiger partial charge in [-0.3, -0.25) is 0 Å². The van der Waals surface area contributed by atoms with Crippen LogP contribution in [0.25, 0.3) is 0 Å². The lowest BCUT2D eigenvalue weighted by molar-refractivity contribution is 0.161. The van der Waals surface area contributed by atoms with Gasteiger partial charge in [-0.15, -0.1) is 0 Å². The van der Waals surface area contributed by atoms with E-state index >= 15 is 0 Å². The molecule has 0 aliphatic heterocycles. The summed E-state index contributed by atoms with van der Waals surface area (Å²) in [7, 11) is 0. The average molecular weight is 249 g/mol. The molecule has 2 heteroatoms. The van der Waals surface area contributed by atoms with E-state index in [9.17, 15) is 4.39 Å². The van der Waals surface area contributed by atoms with Crippen molar-refractivity contribution >= 4 is 0 Å². The lowest BCUT2D eigenvalue weighted by Crippen LogP contribution is -2.27. The van der Waals surface area contributed by atoms with Crippen molar-refractivity contribution in [2.24, 2.45) is 11.1 Å². The Balaban J connectivity index is 1.94. The molecule has 0 aromatic heterocycles. The number of nitrogens with two attached hydrogens (primary N) is 1. The van der Waals surface area contributed by atoms with Gasteiger partial charge < -0.3 is 5.73 Å². The van der Waals surface area contributed by atoms with E-state index in [0.717, 1.165) is 19.4 Å². The molecule has 0 unspecified atom stereocenters. The molecule has 0 heterocycles. The lowest BCUT2D eigenvalue weighted by Gasteiger charge is -2.37. The van der Waals surface area contributed by atoms with Gasteiger partial charge in [-0.2, -0.15) is 0 Å². The van der Waals surface area contributed by atoms with E-state index in [1.807, 2.05) is 12.1 Å². The second-order valence-corrected chi connectivity index (χ2v) is 5.73. The Bertz CT molecular complexity index is 346. The van der Waals surface area contributed by atoms with Gasteiger partial charge in [-0.25, -0.2) is 4.39 Å². The predicted molar refractivity (Wildman–Crippen MR) is 73.9 cm³/mol. The molecule has 1 saturated carbocycles. The van der Waals surface area contributed by atoms with Crippen LogP contribution in [0, 0.1) is 11.2 Å². The monoisotopic (exact) mass is 249 g/mol. The van der Waals surface area contributed by atoms with E-state index in [1.165, 1.54) is 44.1 Å². The van der Waals surface area contributed by atoms with Gasteiger partial charge in [0.25, 0.3) is 0 Å². The number of benzene rings is 1. The molecule has 0 saturated heterocycles. The average Bonchev–Trinajstić information content (AvgIpc) is 2.40. The first-order chi connectivity index (χ1) is 8.74. The largest absolute Gasteiger partial charge is 0.330 e. The Morgan fingerprint density at radius 3 is 2.28 bits per heavy atom. The molecule has 1 aromatic rings. The van der Waals surface area contributed by atoms with Crippen molar-refractivity contribution in [1.82, 2.24) is 0 Å². The van der Waals surface area contributed by atoms with E-state index in [0.29, 0.717) is 5.41 Å². The van der Waals surface area contributed by atoms with Crippen molar-refractivity contribution in [3.05, 3.63) is 35.6 Å². The maximum Gasteiger partial charge on any atom is 0.123 e. The fourth-order valence-electron chi connectivity index (χ4n) is 3.29. The molecule has 1 aliphatic carbocycles. The standard InChI is InChI=1S/C16H24FN/c17-15-6-4-14(5-7-15)8-11-16(12-13-18)9-2-1-3-10-16/h4-7H,1-3,8-13,18H2. The third-order valence-electron chi connectivity index (χ3n) is 4.45. The highest BCUT2D eigenvalue weighted by Gasteiger charge is 2.30. The smallest absolute Gasteiger partial charge is 0.123 e. The molecule has 1 nitrogen and oxygen atoms in total. The van der Waals surface area contributed by atoms with Gasteiger partial charge in [0.2, 0.25) is 0 Å². The fourth-order valence-corrected chi connectivity index (χ4v) is 3.29. The van der Waals surface area contributed by atoms with Crippen LogP contribution >= 0.6 is 0 Å². The molecule has 100 valence electrons. The molecule has 0 amide bonds. The molecule has 1 fully saturated rings. The summed E-state index contributed by atoms with van der Waals surface area (Å²) in [5.74, 6) is -0.145. The number of rotatable bonds is 5. The van der Waals surface area contributed by atoms with Gasteiger partial charge >= 0.3 is 0 Å². The maximum atomic E-state index is 12.9. The summed E-state index contributed by atoms with van der Waals surface area (Å²) in [6.07, 6.45) is 10.1. The Hall–Kier alpha value is -0.890. The highest BCUT2D eigenvalue weighted by molar-refractivity contribution is 5.16. The first-order valence-electron chi connectivity index (χ1n) is 7.19. The Morgan fingerprint density at radius 2 is 1.67 bits per heavy atom. The van der Waals surface area contributed by atoms with Crippen LogP contribution in [0.1, 0.15) is 50.5 Å². The summed E-state index contributed by atoms with van der Waals surface area (Å²) in [6, 6.07) is 6.94. The minimum absolute atomic E-state index is 0.145. The van der Waals surface area contributed by atoms with E-state index in [1.54, 1.807) is 12.1 Å².